The van der Waals surface area contributed by atoms with Gasteiger partial charge in [-0.1, -0.05) is 72.8 Å². The Morgan fingerprint density at radius 2 is 1.62 bits per heavy atom. The first-order chi connectivity index (χ1) is 16.5. The van der Waals surface area contributed by atoms with Gasteiger partial charge in [0.15, 0.2) is 0 Å². The second-order valence-electron chi connectivity index (χ2n) is 7.79. The third-order valence-corrected chi connectivity index (χ3v) is 5.43. The number of aromatic nitrogens is 1. The Hall–Kier alpha value is -4.39. The minimum atomic E-state index is -0.658. The van der Waals surface area contributed by atoms with E-state index in [9.17, 15) is 9.59 Å². The molecule has 0 saturated heterocycles. The van der Waals surface area contributed by atoms with E-state index >= 15 is 0 Å². The fourth-order valence-electron chi connectivity index (χ4n) is 3.79. The van der Waals surface area contributed by atoms with Crippen LogP contribution in [0, 0.1) is 5.41 Å². The molecule has 2 amide bonds. The standard InChI is InChI=1S/C27H26N4O3/c1-2-34-27(33)31-25(28)20-14-12-19(13-15-20)17-29-26(32)24-21-10-6-7-11-22(21)30-23(24)16-18-8-4-3-5-9-18/h3-15,30H,2,16-17H2,1H3,(H,29,32)(H2,28,31,33). The van der Waals surface area contributed by atoms with Crippen molar-refractivity contribution in [1.82, 2.24) is 15.6 Å². The van der Waals surface area contributed by atoms with Crippen LogP contribution < -0.4 is 10.6 Å². The molecule has 0 spiro atoms. The van der Waals surface area contributed by atoms with Crippen molar-refractivity contribution < 1.29 is 14.3 Å². The second kappa shape index (κ2) is 10.5. The van der Waals surface area contributed by atoms with Crippen molar-refractivity contribution in [2.24, 2.45) is 0 Å². The summed E-state index contributed by atoms with van der Waals surface area (Å²) in [6.07, 6.45) is -0.0309. The number of H-pyrrole nitrogens is 1. The van der Waals surface area contributed by atoms with E-state index in [4.69, 9.17) is 10.1 Å². The zero-order valence-corrected chi connectivity index (χ0v) is 18.9. The fraction of sp³-hybridized carbons (Fsp3) is 0.148. The number of benzene rings is 3. The molecular formula is C27H26N4O3. The molecule has 34 heavy (non-hydrogen) atoms. The molecule has 4 rings (SSSR count). The van der Waals surface area contributed by atoms with E-state index in [-0.39, 0.29) is 18.3 Å². The van der Waals surface area contributed by atoms with Crippen LogP contribution in [0.4, 0.5) is 4.79 Å². The van der Waals surface area contributed by atoms with Crippen LogP contribution in [0.25, 0.3) is 10.9 Å². The molecule has 0 unspecified atom stereocenters. The Bertz CT molecular complexity index is 1310. The number of alkyl carbamates (subject to hydrolysis) is 1. The van der Waals surface area contributed by atoms with Crippen molar-refractivity contribution in [3.63, 3.8) is 0 Å². The van der Waals surface area contributed by atoms with Crippen LogP contribution in [0.5, 0.6) is 0 Å². The average Bonchev–Trinajstić information content (AvgIpc) is 3.21. The molecule has 0 saturated carbocycles. The van der Waals surface area contributed by atoms with E-state index in [0.717, 1.165) is 27.7 Å². The fourth-order valence-corrected chi connectivity index (χ4v) is 3.79. The summed E-state index contributed by atoms with van der Waals surface area (Å²) in [6, 6.07) is 24.9. The maximum atomic E-state index is 13.2. The molecule has 7 nitrogen and oxygen atoms in total. The summed E-state index contributed by atoms with van der Waals surface area (Å²) in [6.45, 7) is 2.27. The van der Waals surface area contributed by atoms with Gasteiger partial charge in [0.05, 0.1) is 12.2 Å². The maximum absolute atomic E-state index is 13.2. The summed E-state index contributed by atoms with van der Waals surface area (Å²) >= 11 is 0. The lowest BCUT2D eigenvalue weighted by Crippen LogP contribution is -2.31. The van der Waals surface area contributed by atoms with Gasteiger partial charge in [-0.2, -0.15) is 0 Å². The number of nitrogens with one attached hydrogen (secondary N) is 4. The molecule has 0 aliphatic carbocycles. The summed E-state index contributed by atoms with van der Waals surface area (Å²) in [7, 11) is 0. The summed E-state index contributed by atoms with van der Waals surface area (Å²) in [5.41, 5.74) is 5.00. The van der Waals surface area contributed by atoms with E-state index in [2.05, 4.69) is 15.6 Å². The predicted octanol–water partition coefficient (Wildman–Crippen LogP) is 4.76. The summed E-state index contributed by atoms with van der Waals surface area (Å²) < 4.78 is 4.79. The number of para-hydroxylation sites is 1. The second-order valence-corrected chi connectivity index (χ2v) is 7.79. The molecule has 1 aromatic heterocycles. The van der Waals surface area contributed by atoms with E-state index in [1.807, 2.05) is 66.7 Å². The van der Waals surface area contributed by atoms with Crippen LogP contribution in [0.3, 0.4) is 0 Å². The van der Waals surface area contributed by atoms with Crippen molar-refractivity contribution in [3.8, 4) is 0 Å². The number of rotatable bonds is 7. The first-order valence-corrected chi connectivity index (χ1v) is 11.1. The SMILES string of the molecule is CCOC(=O)NC(=N)c1ccc(CNC(=O)c2c(Cc3ccccc3)[nH]c3ccccc23)cc1. The number of hydrogen-bond donors (Lipinski definition) is 4. The van der Waals surface area contributed by atoms with Crippen LogP contribution in [0.2, 0.25) is 0 Å². The molecule has 1 heterocycles. The number of ether oxygens (including phenoxy) is 1. The van der Waals surface area contributed by atoms with E-state index < -0.39 is 6.09 Å². The molecule has 3 aromatic carbocycles. The van der Waals surface area contributed by atoms with Gasteiger partial charge in [-0.25, -0.2) is 4.79 Å². The molecule has 0 aliphatic rings. The number of carbonyl (C=O) groups is 2. The van der Waals surface area contributed by atoms with Crippen LogP contribution >= 0.6 is 0 Å². The topological polar surface area (TPSA) is 107 Å². The van der Waals surface area contributed by atoms with Gasteiger partial charge in [-0.3, -0.25) is 15.5 Å². The molecule has 7 heteroatoms. The molecule has 0 atom stereocenters. The highest BCUT2D eigenvalue weighted by Crippen LogP contribution is 2.24. The third kappa shape index (κ3) is 5.32. The lowest BCUT2D eigenvalue weighted by Gasteiger charge is -2.10. The van der Waals surface area contributed by atoms with Gasteiger partial charge in [0.25, 0.3) is 5.91 Å². The van der Waals surface area contributed by atoms with Crippen molar-refractivity contribution in [2.45, 2.75) is 19.9 Å². The first-order valence-electron chi connectivity index (χ1n) is 11.1. The van der Waals surface area contributed by atoms with Gasteiger partial charge in [-0.05, 0) is 24.1 Å². The van der Waals surface area contributed by atoms with Crippen molar-refractivity contribution in [1.29, 1.82) is 5.41 Å². The Balaban J connectivity index is 1.47. The Labute approximate surface area is 197 Å². The zero-order chi connectivity index (χ0) is 23.9. The van der Waals surface area contributed by atoms with Crippen LogP contribution in [0.1, 0.15) is 39.7 Å². The molecule has 0 aliphatic heterocycles. The molecule has 4 N–H and O–H groups in total. The number of carbonyl (C=O) groups excluding carboxylic acids is 2. The highest BCUT2D eigenvalue weighted by Gasteiger charge is 2.18. The van der Waals surface area contributed by atoms with Gasteiger partial charge in [0.1, 0.15) is 5.84 Å². The summed E-state index contributed by atoms with van der Waals surface area (Å²) in [4.78, 5) is 28.1. The van der Waals surface area contributed by atoms with Crippen LogP contribution in [-0.2, 0) is 17.7 Å². The quantitative estimate of drug-likeness (QED) is 0.239. The van der Waals surface area contributed by atoms with Gasteiger partial charge in [0.2, 0.25) is 0 Å². The molecule has 172 valence electrons. The van der Waals surface area contributed by atoms with Crippen LogP contribution in [-0.4, -0.2) is 29.4 Å². The number of hydrogen-bond acceptors (Lipinski definition) is 4. The highest BCUT2D eigenvalue weighted by molar-refractivity contribution is 6.08. The van der Waals surface area contributed by atoms with E-state index in [1.54, 1.807) is 19.1 Å². The molecule has 0 fully saturated rings. The lowest BCUT2D eigenvalue weighted by atomic mass is 10.0. The molecule has 0 radical (unpaired) electrons. The van der Waals surface area contributed by atoms with Gasteiger partial charge in [-0.15, -0.1) is 0 Å². The maximum Gasteiger partial charge on any atom is 0.412 e. The van der Waals surface area contributed by atoms with Gasteiger partial charge >= 0.3 is 6.09 Å². The van der Waals surface area contributed by atoms with Crippen LogP contribution in [0.15, 0.2) is 78.9 Å². The Kier molecular flexibility index (Phi) is 7.03. The largest absolute Gasteiger partial charge is 0.450 e. The first kappa shape index (κ1) is 22.8. The monoisotopic (exact) mass is 454 g/mol. The average molecular weight is 455 g/mol. The highest BCUT2D eigenvalue weighted by atomic mass is 16.5. The number of amides is 2. The van der Waals surface area contributed by atoms with Crippen molar-refractivity contribution >= 4 is 28.7 Å². The normalized spacial score (nSPS) is 10.6. The van der Waals surface area contributed by atoms with Gasteiger partial charge < -0.3 is 15.0 Å². The number of amidine groups is 1. The number of fused-ring (bicyclic) bond motifs is 1. The van der Waals surface area contributed by atoms with Gasteiger partial charge in [0, 0.05) is 35.1 Å². The predicted molar refractivity (Wildman–Crippen MR) is 132 cm³/mol. The van der Waals surface area contributed by atoms with E-state index in [1.165, 1.54) is 0 Å². The minimum Gasteiger partial charge on any atom is -0.450 e. The lowest BCUT2D eigenvalue weighted by molar-refractivity contribution is 0.0951. The summed E-state index contributed by atoms with van der Waals surface area (Å²) in [5, 5.41) is 14.3. The van der Waals surface area contributed by atoms with Crippen molar-refractivity contribution in [2.75, 3.05) is 6.61 Å². The minimum absolute atomic E-state index is 0.0432. The Morgan fingerprint density at radius 1 is 0.912 bits per heavy atom. The molecule has 0 bridgehead atoms. The number of aromatic amines is 1. The zero-order valence-electron chi connectivity index (χ0n) is 18.9. The smallest absolute Gasteiger partial charge is 0.412 e. The third-order valence-electron chi connectivity index (χ3n) is 5.43. The molecule has 4 aromatic rings. The molecular weight excluding hydrogens is 428 g/mol. The van der Waals surface area contributed by atoms with E-state index in [0.29, 0.717) is 24.1 Å². The van der Waals surface area contributed by atoms with Crippen molar-refractivity contribution in [3.05, 3.63) is 107 Å². The Morgan fingerprint density at radius 3 is 2.35 bits per heavy atom. The summed E-state index contributed by atoms with van der Waals surface area (Å²) in [5.74, 6) is -0.192.